The van der Waals surface area contributed by atoms with Gasteiger partial charge >= 0.3 is 6.18 Å². The Balaban J connectivity index is 2.00. The predicted molar refractivity (Wildman–Crippen MR) is 87.2 cm³/mol. The summed E-state index contributed by atoms with van der Waals surface area (Å²) in [5, 5.41) is 2.50. The Hall–Kier alpha value is -2.90. The Morgan fingerprint density at radius 1 is 1.24 bits per heavy atom. The van der Waals surface area contributed by atoms with Gasteiger partial charge in [-0.05, 0) is 24.6 Å². The number of aryl methyl sites for hydroxylation is 1. The van der Waals surface area contributed by atoms with E-state index in [9.17, 15) is 18.0 Å². The summed E-state index contributed by atoms with van der Waals surface area (Å²) in [6.45, 7) is 2.55. The number of alkyl halides is 3. The Kier molecular flexibility index (Phi) is 4.43. The number of hydrogen-bond acceptors (Lipinski definition) is 3. The molecule has 0 unspecified atom stereocenters. The van der Waals surface area contributed by atoms with E-state index in [1.165, 1.54) is 0 Å². The maximum absolute atomic E-state index is 13.1. The third kappa shape index (κ3) is 3.33. The maximum Gasteiger partial charge on any atom is 0.418 e. The van der Waals surface area contributed by atoms with Crippen LogP contribution in [0.1, 0.15) is 29.3 Å². The Morgan fingerprint density at radius 2 is 2.00 bits per heavy atom. The monoisotopic (exact) mass is 348 g/mol. The number of nitrogens with zero attached hydrogens (tertiary/aromatic N) is 3. The zero-order chi connectivity index (χ0) is 18.0. The summed E-state index contributed by atoms with van der Waals surface area (Å²) >= 11 is 0. The molecule has 2 heterocycles. The van der Waals surface area contributed by atoms with Gasteiger partial charge in [-0.15, -0.1) is 0 Å². The van der Waals surface area contributed by atoms with Crippen LogP contribution in [0.15, 0.2) is 42.7 Å². The highest BCUT2D eigenvalue weighted by Gasteiger charge is 2.35. The minimum absolute atomic E-state index is 0.220. The van der Waals surface area contributed by atoms with Crippen molar-refractivity contribution in [3.05, 3.63) is 53.9 Å². The number of aromatic nitrogens is 3. The van der Waals surface area contributed by atoms with Crippen molar-refractivity contribution < 1.29 is 18.0 Å². The fourth-order valence-corrected chi connectivity index (χ4v) is 2.61. The molecular weight excluding hydrogens is 333 g/mol. The summed E-state index contributed by atoms with van der Waals surface area (Å²) in [5.74, 6) is -0.652. The SMILES string of the molecule is CCCn1c(NC(=O)c2ccncc2C(F)(F)F)nc2ccccc21. The largest absolute Gasteiger partial charge is 0.418 e. The molecule has 0 saturated carbocycles. The van der Waals surface area contributed by atoms with Crippen molar-refractivity contribution in [2.75, 3.05) is 5.32 Å². The average molecular weight is 348 g/mol. The molecule has 0 radical (unpaired) electrons. The third-order valence-electron chi connectivity index (χ3n) is 3.70. The minimum atomic E-state index is -4.66. The summed E-state index contributed by atoms with van der Waals surface area (Å²) in [4.78, 5) is 20.2. The van der Waals surface area contributed by atoms with E-state index >= 15 is 0 Å². The van der Waals surface area contributed by atoms with E-state index in [1.807, 2.05) is 25.1 Å². The number of benzene rings is 1. The van der Waals surface area contributed by atoms with Crippen LogP contribution in [0.5, 0.6) is 0 Å². The zero-order valence-corrected chi connectivity index (χ0v) is 13.3. The lowest BCUT2D eigenvalue weighted by atomic mass is 10.1. The Labute approximate surface area is 141 Å². The molecule has 5 nitrogen and oxygen atoms in total. The maximum atomic E-state index is 13.1. The first kappa shape index (κ1) is 16.9. The Morgan fingerprint density at radius 3 is 2.72 bits per heavy atom. The number of anilines is 1. The molecule has 0 atom stereocenters. The lowest BCUT2D eigenvalue weighted by Gasteiger charge is -2.13. The average Bonchev–Trinajstić information content (AvgIpc) is 2.92. The van der Waals surface area contributed by atoms with Crippen molar-refractivity contribution in [3.8, 4) is 0 Å². The van der Waals surface area contributed by atoms with Crippen molar-refractivity contribution in [2.24, 2.45) is 0 Å². The highest BCUT2D eigenvalue weighted by molar-refractivity contribution is 6.05. The molecule has 0 bridgehead atoms. The van der Waals surface area contributed by atoms with Gasteiger partial charge in [0, 0.05) is 18.9 Å². The number of fused-ring (bicyclic) bond motifs is 1. The van der Waals surface area contributed by atoms with Gasteiger partial charge in [-0.25, -0.2) is 4.98 Å². The van der Waals surface area contributed by atoms with Gasteiger partial charge in [0.2, 0.25) is 5.95 Å². The standard InChI is InChI=1S/C17H15F3N4O/c1-2-9-24-14-6-4-3-5-13(14)22-16(24)23-15(25)11-7-8-21-10-12(11)17(18,19)20/h3-8,10H,2,9H2,1H3,(H,22,23,25). The molecule has 8 heteroatoms. The molecular formula is C17H15F3N4O. The van der Waals surface area contributed by atoms with Crippen LogP contribution in [0.4, 0.5) is 19.1 Å². The smallest absolute Gasteiger partial charge is 0.310 e. The molecule has 3 aromatic rings. The van der Waals surface area contributed by atoms with E-state index in [0.29, 0.717) is 18.3 Å². The molecule has 1 N–H and O–H groups in total. The molecule has 0 saturated heterocycles. The number of halogens is 3. The van der Waals surface area contributed by atoms with Crippen LogP contribution in [-0.2, 0) is 12.7 Å². The van der Waals surface area contributed by atoms with Crippen LogP contribution in [0, 0.1) is 0 Å². The van der Waals surface area contributed by atoms with E-state index in [-0.39, 0.29) is 5.95 Å². The van der Waals surface area contributed by atoms with Gasteiger partial charge < -0.3 is 4.57 Å². The number of imidazole rings is 1. The van der Waals surface area contributed by atoms with E-state index < -0.39 is 23.2 Å². The van der Waals surface area contributed by atoms with Crippen LogP contribution in [0.2, 0.25) is 0 Å². The molecule has 0 aliphatic rings. The predicted octanol–water partition coefficient (Wildman–Crippen LogP) is 4.11. The number of rotatable bonds is 4. The van der Waals surface area contributed by atoms with Crippen molar-refractivity contribution in [1.82, 2.24) is 14.5 Å². The molecule has 0 aliphatic heterocycles. The van der Waals surface area contributed by atoms with Gasteiger partial charge in [0.15, 0.2) is 0 Å². The van der Waals surface area contributed by atoms with Gasteiger partial charge in [-0.1, -0.05) is 19.1 Å². The Bertz CT molecular complexity index is 918. The molecule has 3 rings (SSSR count). The number of hydrogen-bond donors (Lipinski definition) is 1. The quantitative estimate of drug-likeness (QED) is 0.772. The van der Waals surface area contributed by atoms with Gasteiger partial charge in [0.05, 0.1) is 22.2 Å². The van der Waals surface area contributed by atoms with E-state index in [1.54, 1.807) is 10.6 Å². The number of amides is 1. The second kappa shape index (κ2) is 6.54. The molecule has 1 aromatic carbocycles. The number of carbonyl (C=O) groups excluding carboxylic acids is 1. The molecule has 0 fully saturated rings. The van der Waals surface area contributed by atoms with Gasteiger partial charge in [0.1, 0.15) is 0 Å². The highest BCUT2D eigenvalue weighted by atomic mass is 19.4. The zero-order valence-electron chi connectivity index (χ0n) is 13.3. The molecule has 0 aliphatic carbocycles. The van der Waals surface area contributed by atoms with Crippen LogP contribution >= 0.6 is 0 Å². The second-order valence-corrected chi connectivity index (χ2v) is 5.45. The first-order valence-corrected chi connectivity index (χ1v) is 7.69. The van der Waals surface area contributed by atoms with Crippen molar-refractivity contribution in [3.63, 3.8) is 0 Å². The van der Waals surface area contributed by atoms with Gasteiger partial charge in [-0.3, -0.25) is 15.1 Å². The summed E-state index contributed by atoms with van der Waals surface area (Å²) in [7, 11) is 0. The summed E-state index contributed by atoms with van der Waals surface area (Å²) in [6, 6.07) is 8.32. The summed E-state index contributed by atoms with van der Waals surface area (Å²) < 4.78 is 41.0. The van der Waals surface area contributed by atoms with Crippen LogP contribution in [0.25, 0.3) is 11.0 Å². The van der Waals surface area contributed by atoms with E-state index in [4.69, 9.17) is 0 Å². The van der Waals surface area contributed by atoms with Crippen LogP contribution < -0.4 is 5.32 Å². The van der Waals surface area contributed by atoms with Gasteiger partial charge in [0.25, 0.3) is 5.91 Å². The summed E-state index contributed by atoms with van der Waals surface area (Å²) in [6.07, 6.45) is -2.08. The molecule has 130 valence electrons. The molecule has 25 heavy (non-hydrogen) atoms. The lowest BCUT2D eigenvalue weighted by Crippen LogP contribution is -2.21. The normalized spacial score (nSPS) is 11.7. The van der Waals surface area contributed by atoms with Crippen LogP contribution in [0.3, 0.4) is 0 Å². The second-order valence-electron chi connectivity index (χ2n) is 5.45. The van der Waals surface area contributed by atoms with Crippen molar-refractivity contribution in [1.29, 1.82) is 0 Å². The topological polar surface area (TPSA) is 59.8 Å². The fourth-order valence-electron chi connectivity index (χ4n) is 2.61. The fraction of sp³-hybridized carbons (Fsp3) is 0.235. The molecule has 2 aromatic heterocycles. The van der Waals surface area contributed by atoms with Crippen LogP contribution in [-0.4, -0.2) is 20.4 Å². The third-order valence-corrected chi connectivity index (χ3v) is 3.70. The first-order chi connectivity index (χ1) is 11.9. The lowest BCUT2D eigenvalue weighted by molar-refractivity contribution is -0.138. The molecule has 1 amide bonds. The first-order valence-electron chi connectivity index (χ1n) is 7.69. The van der Waals surface area contributed by atoms with E-state index in [2.05, 4.69) is 15.3 Å². The number of pyridine rings is 1. The van der Waals surface area contributed by atoms with Crippen molar-refractivity contribution in [2.45, 2.75) is 26.1 Å². The van der Waals surface area contributed by atoms with Crippen molar-refractivity contribution >= 4 is 22.9 Å². The summed E-state index contributed by atoms with van der Waals surface area (Å²) in [5.41, 5.74) is -0.0919. The number of nitrogens with one attached hydrogen (secondary N) is 1. The highest BCUT2D eigenvalue weighted by Crippen LogP contribution is 2.31. The molecule has 0 spiro atoms. The number of para-hydroxylation sites is 2. The van der Waals surface area contributed by atoms with E-state index in [0.717, 1.165) is 24.2 Å². The number of carbonyl (C=O) groups is 1. The van der Waals surface area contributed by atoms with Gasteiger partial charge in [-0.2, -0.15) is 13.2 Å². The minimum Gasteiger partial charge on any atom is -0.310 e.